The first-order valence-electron chi connectivity index (χ1n) is 5.70. The first-order valence-corrected chi connectivity index (χ1v) is 5.70. The van der Waals surface area contributed by atoms with Crippen LogP contribution in [0.1, 0.15) is 17.0 Å². The highest BCUT2D eigenvalue weighted by Crippen LogP contribution is 2.36. The van der Waals surface area contributed by atoms with Gasteiger partial charge in [0.15, 0.2) is 0 Å². The monoisotopic (exact) mass is 244 g/mol. The van der Waals surface area contributed by atoms with Gasteiger partial charge in [0.2, 0.25) is 0 Å². The summed E-state index contributed by atoms with van der Waals surface area (Å²) >= 11 is 0. The zero-order valence-corrected chi connectivity index (χ0v) is 9.61. The molecule has 5 nitrogen and oxygen atoms in total. The summed E-state index contributed by atoms with van der Waals surface area (Å²) in [5, 5.41) is 12.9. The third kappa shape index (κ3) is 1.73. The third-order valence-electron chi connectivity index (χ3n) is 3.21. The van der Waals surface area contributed by atoms with E-state index in [4.69, 9.17) is 4.52 Å². The summed E-state index contributed by atoms with van der Waals surface area (Å²) in [5.41, 5.74) is 2.79. The molecule has 1 atom stereocenters. The Labute approximate surface area is 104 Å². The third-order valence-corrected chi connectivity index (χ3v) is 3.21. The molecule has 1 aliphatic heterocycles. The minimum atomic E-state index is -0.782. The topological polar surface area (TPSA) is 66.6 Å². The second kappa shape index (κ2) is 4.18. The van der Waals surface area contributed by atoms with Gasteiger partial charge in [-0.15, -0.1) is 0 Å². The minimum Gasteiger partial charge on any atom is -0.481 e. The van der Waals surface area contributed by atoms with E-state index in [1.807, 2.05) is 29.2 Å². The van der Waals surface area contributed by atoms with E-state index in [9.17, 15) is 9.90 Å². The highest BCUT2D eigenvalue weighted by Gasteiger charge is 2.33. The maximum atomic E-state index is 11.3. The van der Waals surface area contributed by atoms with E-state index in [-0.39, 0.29) is 0 Å². The predicted octanol–water partition coefficient (Wildman–Crippen LogP) is 1.86. The molecule has 0 saturated carbocycles. The summed E-state index contributed by atoms with van der Waals surface area (Å²) in [6.07, 6.45) is 3.23. The summed E-state index contributed by atoms with van der Waals surface area (Å²) in [5.74, 6) is -1.24. The number of fused-ring (bicyclic) bond motifs is 1. The maximum absolute atomic E-state index is 11.3. The molecule has 5 heteroatoms. The summed E-state index contributed by atoms with van der Waals surface area (Å²) in [7, 11) is 0. The Hall–Kier alpha value is -2.30. The number of nitrogens with zero attached hydrogens (tertiary/aromatic N) is 2. The molecule has 0 amide bonds. The van der Waals surface area contributed by atoms with Gasteiger partial charge in [-0.25, -0.2) is 0 Å². The molecule has 0 fully saturated rings. The van der Waals surface area contributed by atoms with Crippen molar-refractivity contribution in [2.45, 2.75) is 12.5 Å². The lowest BCUT2D eigenvalue weighted by molar-refractivity contribution is -0.138. The number of hydrogen-bond donors (Lipinski definition) is 1. The predicted molar refractivity (Wildman–Crippen MR) is 64.4 cm³/mol. The average molecular weight is 244 g/mol. The number of aromatic nitrogens is 1. The first-order chi connectivity index (χ1) is 8.75. The molecule has 1 aromatic carbocycles. The van der Waals surface area contributed by atoms with Crippen molar-refractivity contribution in [1.82, 2.24) is 5.16 Å². The van der Waals surface area contributed by atoms with Gasteiger partial charge >= 0.3 is 5.97 Å². The lowest BCUT2D eigenvalue weighted by Crippen LogP contribution is -2.23. The highest BCUT2D eigenvalue weighted by molar-refractivity contribution is 5.82. The van der Waals surface area contributed by atoms with Crippen LogP contribution in [0.2, 0.25) is 0 Å². The molecule has 0 saturated heterocycles. The Balaban J connectivity index is 1.92. The van der Waals surface area contributed by atoms with Crippen LogP contribution in [0.3, 0.4) is 0 Å². The van der Waals surface area contributed by atoms with E-state index in [0.717, 1.165) is 16.8 Å². The van der Waals surface area contributed by atoms with Gasteiger partial charge in [-0.2, -0.15) is 0 Å². The van der Waals surface area contributed by atoms with Crippen LogP contribution in [0.4, 0.5) is 5.69 Å². The SMILES string of the molecule is O=C(O)C1CN(Cc2cnoc2)c2ccccc21. The number of carbonyl (C=O) groups is 1. The fourth-order valence-electron chi connectivity index (χ4n) is 2.37. The molecular weight excluding hydrogens is 232 g/mol. The van der Waals surface area contributed by atoms with E-state index in [1.165, 1.54) is 0 Å². The van der Waals surface area contributed by atoms with Crippen molar-refractivity contribution in [1.29, 1.82) is 0 Å². The van der Waals surface area contributed by atoms with Crippen molar-refractivity contribution in [2.75, 3.05) is 11.4 Å². The Morgan fingerprint density at radius 3 is 3.06 bits per heavy atom. The number of carboxylic acids is 1. The van der Waals surface area contributed by atoms with Crippen molar-refractivity contribution < 1.29 is 14.4 Å². The molecule has 0 bridgehead atoms. The highest BCUT2D eigenvalue weighted by atomic mass is 16.5. The van der Waals surface area contributed by atoms with Crippen LogP contribution in [0.15, 0.2) is 41.2 Å². The van der Waals surface area contributed by atoms with Gasteiger partial charge in [0.05, 0.1) is 6.20 Å². The zero-order chi connectivity index (χ0) is 12.5. The zero-order valence-electron chi connectivity index (χ0n) is 9.61. The Bertz CT molecular complexity index is 565. The second-order valence-electron chi connectivity index (χ2n) is 4.36. The molecule has 0 aliphatic carbocycles. The fourth-order valence-corrected chi connectivity index (χ4v) is 2.37. The summed E-state index contributed by atoms with van der Waals surface area (Å²) < 4.78 is 4.79. The minimum absolute atomic E-state index is 0.457. The number of hydrogen-bond acceptors (Lipinski definition) is 4. The Kier molecular flexibility index (Phi) is 2.51. The number of rotatable bonds is 3. The summed E-state index contributed by atoms with van der Waals surface area (Å²) in [4.78, 5) is 13.3. The molecular formula is C13H12N2O3. The van der Waals surface area contributed by atoms with Crippen molar-refractivity contribution in [3.05, 3.63) is 47.9 Å². The fraction of sp³-hybridized carbons (Fsp3) is 0.231. The summed E-state index contributed by atoms with van der Waals surface area (Å²) in [6.45, 7) is 1.10. The van der Waals surface area contributed by atoms with Crippen molar-refractivity contribution in [3.8, 4) is 0 Å². The molecule has 1 aliphatic rings. The van der Waals surface area contributed by atoms with E-state index in [0.29, 0.717) is 13.1 Å². The van der Waals surface area contributed by atoms with Gasteiger partial charge < -0.3 is 14.5 Å². The molecule has 3 rings (SSSR count). The van der Waals surface area contributed by atoms with Gasteiger partial charge in [-0.05, 0) is 11.6 Å². The lowest BCUT2D eigenvalue weighted by atomic mass is 10.0. The quantitative estimate of drug-likeness (QED) is 0.892. The van der Waals surface area contributed by atoms with Crippen molar-refractivity contribution in [2.24, 2.45) is 0 Å². The molecule has 2 heterocycles. The molecule has 1 unspecified atom stereocenters. The van der Waals surface area contributed by atoms with Gasteiger partial charge in [0.1, 0.15) is 12.2 Å². The number of para-hydroxylation sites is 1. The van der Waals surface area contributed by atoms with E-state index in [2.05, 4.69) is 5.16 Å². The normalized spacial score (nSPS) is 17.8. The van der Waals surface area contributed by atoms with Crippen molar-refractivity contribution >= 4 is 11.7 Å². The molecule has 92 valence electrons. The van der Waals surface area contributed by atoms with Crippen LogP contribution < -0.4 is 4.90 Å². The molecule has 2 aromatic rings. The number of anilines is 1. The van der Waals surface area contributed by atoms with E-state index in [1.54, 1.807) is 12.5 Å². The average Bonchev–Trinajstić information content (AvgIpc) is 2.98. The Morgan fingerprint density at radius 1 is 1.50 bits per heavy atom. The lowest BCUT2D eigenvalue weighted by Gasteiger charge is -2.18. The van der Waals surface area contributed by atoms with Gasteiger partial charge in [0.25, 0.3) is 0 Å². The van der Waals surface area contributed by atoms with Crippen LogP contribution in [-0.4, -0.2) is 22.8 Å². The first kappa shape index (κ1) is 10.8. The van der Waals surface area contributed by atoms with Gasteiger partial charge in [-0.1, -0.05) is 23.4 Å². The second-order valence-corrected chi connectivity index (χ2v) is 4.36. The number of carboxylic acid groups (broad SMARTS) is 1. The molecule has 1 N–H and O–H groups in total. The van der Waals surface area contributed by atoms with Crippen LogP contribution in [0, 0.1) is 0 Å². The van der Waals surface area contributed by atoms with Crippen LogP contribution in [0.25, 0.3) is 0 Å². The van der Waals surface area contributed by atoms with Crippen LogP contribution >= 0.6 is 0 Å². The Morgan fingerprint density at radius 2 is 2.33 bits per heavy atom. The number of benzene rings is 1. The molecule has 0 spiro atoms. The van der Waals surface area contributed by atoms with Crippen LogP contribution in [-0.2, 0) is 11.3 Å². The standard InChI is InChI=1S/C13H12N2O3/c16-13(17)11-7-15(6-9-5-14-18-8-9)12-4-2-1-3-10(11)12/h1-5,8,11H,6-7H2,(H,16,17). The van der Waals surface area contributed by atoms with E-state index >= 15 is 0 Å². The van der Waals surface area contributed by atoms with Gasteiger partial charge in [0, 0.05) is 24.3 Å². The molecule has 1 aromatic heterocycles. The molecule has 18 heavy (non-hydrogen) atoms. The van der Waals surface area contributed by atoms with Crippen LogP contribution in [0.5, 0.6) is 0 Å². The summed E-state index contributed by atoms with van der Waals surface area (Å²) in [6, 6.07) is 7.62. The van der Waals surface area contributed by atoms with E-state index < -0.39 is 11.9 Å². The molecule has 0 radical (unpaired) electrons. The smallest absolute Gasteiger partial charge is 0.312 e. The number of aliphatic carboxylic acids is 1. The largest absolute Gasteiger partial charge is 0.481 e. The van der Waals surface area contributed by atoms with Crippen molar-refractivity contribution in [3.63, 3.8) is 0 Å². The maximum Gasteiger partial charge on any atom is 0.312 e. The van der Waals surface area contributed by atoms with Gasteiger partial charge in [-0.3, -0.25) is 4.79 Å².